The molecule has 10 heteroatoms. The molecule has 0 aromatic heterocycles. The first-order valence-electron chi connectivity index (χ1n) is 8.59. The van der Waals surface area contributed by atoms with E-state index in [0.29, 0.717) is 19.3 Å². The van der Waals surface area contributed by atoms with Crippen molar-refractivity contribution < 1.29 is 28.2 Å². The Morgan fingerprint density at radius 3 is 2.57 bits per heavy atom. The van der Waals surface area contributed by atoms with Gasteiger partial charge in [0.15, 0.2) is 0 Å². The second kappa shape index (κ2) is 10.8. The SMILES string of the molecule is COc1cc(F)ccc1C(=O)N[C@H]1CC[C@H](C(=O)NCC(N)=O)C[C@@H]1OC.Cl. The molecule has 0 radical (unpaired) electrons. The molecule has 0 unspecified atom stereocenters. The van der Waals surface area contributed by atoms with Crippen LogP contribution >= 0.6 is 12.4 Å². The number of carbonyl (C=O) groups is 3. The zero-order valence-electron chi connectivity index (χ0n) is 15.7. The van der Waals surface area contributed by atoms with E-state index in [1.807, 2.05) is 0 Å². The third-order valence-electron chi connectivity index (χ3n) is 4.63. The van der Waals surface area contributed by atoms with Crippen molar-refractivity contribution in [1.29, 1.82) is 0 Å². The molecule has 8 nitrogen and oxygen atoms in total. The van der Waals surface area contributed by atoms with Crippen LogP contribution in [0.5, 0.6) is 5.75 Å². The van der Waals surface area contributed by atoms with E-state index < -0.39 is 17.6 Å². The summed E-state index contributed by atoms with van der Waals surface area (Å²) in [7, 11) is 2.87. The van der Waals surface area contributed by atoms with Crippen molar-refractivity contribution in [2.24, 2.45) is 11.7 Å². The minimum Gasteiger partial charge on any atom is -0.496 e. The number of amides is 3. The van der Waals surface area contributed by atoms with E-state index in [2.05, 4.69) is 10.6 Å². The summed E-state index contributed by atoms with van der Waals surface area (Å²) in [5.41, 5.74) is 5.25. The highest BCUT2D eigenvalue weighted by Gasteiger charge is 2.35. The van der Waals surface area contributed by atoms with Gasteiger partial charge in [-0.15, -0.1) is 12.4 Å². The van der Waals surface area contributed by atoms with E-state index in [1.54, 1.807) is 0 Å². The van der Waals surface area contributed by atoms with E-state index in [-0.39, 0.29) is 54.2 Å². The first kappa shape index (κ1) is 23.6. The van der Waals surface area contributed by atoms with Crippen LogP contribution in [0.25, 0.3) is 0 Å². The number of methoxy groups -OCH3 is 2. The molecule has 0 heterocycles. The molecule has 3 amide bonds. The zero-order valence-corrected chi connectivity index (χ0v) is 16.5. The smallest absolute Gasteiger partial charge is 0.255 e. The Hall–Kier alpha value is -2.39. The normalized spacial score (nSPS) is 21.2. The fourth-order valence-electron chi connectivity index (χ4n) is 3.21. The molecule has 0 bridgehead atoms. The molecule has 1 saturated carbocycles. The van der Waals surface area contributed by atoms with Crippen molar-refractivity contribution in [3.05, 3.63) is 29.6 Å². The van der Waals surface area contributed by atoms with Gasteiger partial charge in [-0.05, 0) is 31.4 Å². The Labute approximate surface area is 168 Å². The molecule has 1 aromatic carbocycles. The van der Waals surface area contributed by atoms with Crippen LogP contribution in [0.1, 0.15) is 29.6 Å². The summed E-state index contributed by atoms with van der Waals surface area (Å²) in [6.07, 6.45) is 1.06. The second-order valence-corrected chi connectivity index (χ2v) is 6.39. The van der Waals surface area contributed by atoms with E-state index in [4.69, 9.17) is 15.2 Å². The number of carbonyl (C=O) groups excluding carboxylic acids is 3. The number of nitrogens with two attached hydrogens (primary N) is 1. The third kappa shape index (κ3) is 6.07. The maximum atomic E-state index is 13.3. The lowest BCUT2D eigenvalue weighted by Gasteiger charge is -2.35. The molecule has 3 atom stereocenters. The average Bonchev–Trinajstić information content (AvgIpc) is 2.65. The molecular weight excluding hydrogens is 393 g/mol. The van der Waals surface area contributed by atoms with Gasteiger partial charge in [0.25, 0.3) is 5.91 Å². The maximum Gasteiger partial charge on any atom is 0.255 e. The van der Waals surface area contributed by atoms with Crippen LogP contribution in [-0.4, -0.2) is 50.6 Å². The Morgan fingerprint density at radius 2 is 1.96 bits per heavy atom. The van der Waals surface area contributed by atoms with Gasteiger partial charge in [-0.25, -0.2) is 4.39 Å². The van der Waals surface area contributed by atoms with Gasteiger partial charge in [0.05, 0.1) is 31.4 Å². The zero-order chi connectivity index (χ0) is 20.0. The van der Waals surface area contributed by atoms with Crippen LogP contribution in [0, 0.1) is 11.7 Å². The summed E-state index contributed by atoms with van der Waals surface area (Å²) < 4.78 is 23.8. The number of nitrogens with one attached hydrogen (secondary N) is 2. The highest BCUT2D eigenvalue weighted by Crippen LogP contribution is 2.28. The van der Waals surface area contributed by atoms with Crippen molar-refractivity contribution in [2.75, 3.05) is 20.8 Å². The molecule has 4 N–H and O–H groups in total. The van der Waals surface area contributed by atoms with Gasteiger partial charge in [0.1, 0.15) is 11.6 Å². The number of primary amides is 1. The van der Waals surface area contributed by atoms with Gasteiger partial charge in [-0.3, -0.25) is 14.4 Å². The topological polar surface area (TPSA) is 120 Å². The number of hydrogen-bond donors (Lipinski definition) is 3. The van der Waals surface area contributed by atoms with Gasteiger partial charge in [0.2, 0.25) is 11.8 Å². The monoisotopic (exact) mass is 417 g/mol. The van der Waals surface area contributed by atoms with Crippen molar-refractivity contribution in [2.45, 2.75) is 31.4 Å². The highest BCUT2D eigenvalue weighted by molar-refractivity contribution is 5.97. The summed E-state index contributed by atoms with van der Waals surface area (Å²) in [5.74, 6) is -1.97. The minimum atomic E-state index is -0.610. The van der Waals surface area contributed by atoms with Crippen LogP contribution in [0.3, 0.4) is 0 Å². The molecule has 0 saturated heterocycles. The molecule has 1 fully saturated rings. The Kier molecular flexibility index (Phi) is 9.14. The predicted molar refractivity (Wildman–Crippen MR) is 102 cm³/mol. The van der Waals surface area contributed by atoms with Crippen LogP contribution in [0.15, 0.2) is 18.2 Å². The summed E-state index contributed by atoms with van der Waals surface area (Å²) in [5, 5.41) is 5.36. The van der Waals surface area contributed by atoms with E-state index in [0.717, 1.165) is 6.07 Å². The standard InChI is InChI=1S/C18H24FN3O5.ClH/c1-26-14-8-11(19)4-5-12(14)18(25)22-13-6-3-10(7-15(13)27-2)17(24)21-9-16(20)23;/h4-5,8,10,13,15H,3,6-7,9H2,1-2H3,(H2,20,23)(H,21,24)(H,22,25);1H/t10-,13-,15-;/m0./s1. The number of hydrogen-bond acceptors (Lipinski definition) is 5. The molecule has 0 aliphatic heterocycles. The number of ether oxygens (including phenoxy) is 2. The van der Waals surface area contributed by atoms with Gasteiger partial charge in [0, 0.05) is 19.1 Å². The molecule has 156 valence electrons. The van der Waals surface area contributed by atoms with Crippen LogP contribution < -0.4 is 21.1 Å². The molecule has 0 spiro atoms. The number of rotatable bonds is 7. The third-order valence-corrected chi connectivity index (χ3v) is 4.63. The van der Waals surface area contributed by atoms with Gasteiger partial charge in [-0.1, -0.05) is 0 Å². The van der Waals surface area contributed by atoms with Crippen LogP contribution in [0.4, 0.5) is 4.39 Å². The molecule has 1 aliphatic rings. The summed E-state index contributed by atoms with van der Waals surface area (Å²) in [6.45, 7) is -0.211. The Bertz CT molecular complexity index is 718. The summed E-state index contributed by atoms with van der Waals surface area (Å²) >= 11 is 0. The number of benzene rings is 1. The summed E-state index contributed by atoms with van der Waals surface area (Å²) in [4.78, 5) is 35.5. The minimum absolute atomic E-state index is 0. The van der Waals surface area contributed by atoms with E-state index in [1.165, 1.54) is 26.4 Å². The first-order chi connectivity index (χ1) is 12.8. The Morgan fingerprint density at radius 1 is 1.25 bits per heavy atom. The molecule has 1 aromatic rings. The predicted octanol–water partition coefficient (Wildman–Crippen LogP) is 0.771. The van der Waals surface area contributed by atoms with Crippen molar-refractivity contribution in [3.8, 4) is 5.75 Å². The molecule has 1 aliphatic carbocycles. The van der Waals surface area contributed by atoms with Gasteiger partial charge < -0.3 is 25.8 Å². The van der Waals surface area contributed by atoms with Gasteiger partial charge in [-0.2, -0.15) is 0 Å². The fourth-order valence-corrected chi connectivity index (χ4v) is 3.21. The van der Waals surface area contributed by atoms with E-state index >= 15 is 0 Å². The van der Waals surface area contributed by atoms with Gasteiger partial charge >= 0.3 is 0 Å². The fraction of sp³-hybridized carbons (Fsp3) is 0.500. The quantitative estimate of drug-likeness (QED) is 0.605. The first-order valence-corrected chi connectivity index (χ1v) is 8.59. The lowest BCUT2D eigenvalue weighted by molar-refractivity contribution is -0.130. The highest BCUT2D eigenvalue weighted by atomic mass is 35.5. The van der Waals surface area contributed by atoms with Crippen molar-refractivity contribution in [1.82, 2.24) is 10.6 Å². The van der Waals surface area contributed by atoms with Crippen molar-refractivity contribution in [3.63, 3.8) is 0 Å². The maximum absolute atomic E-state index is 13.3. The average molecular weight is 418 g/mol. The molecule has 28 heavy (non-hydrogen) atoms. The van der Waals surface area contributed by atoms with Crippen molar-refractivity contribution >= 4 is 30.1 Å². The lowest BCUT2D eigenvalue weighted by Crippen LogP contribution is -2.50. The number of halogens is 2. The van der Waals surface area contributed by atoms with Crippen LogP contribution in [-0.2, 0) is 14.3 Å². The summed E-state index contributed by atoms with van der Waals surface area (Å²) in [6, 6.07) is 3.37. The van der Waals surface area contributed by atoms with E-state index in [9.17, 15) is 18.8 Å². The van der Waals surface area contributed by atoms with Crippen LogP contribution in [0.2, 0.25) is 0 Å². The Balaban J connectivity index is 0.00000392. The second-order valence-electron chi connectivity index (χ2n) is 6.39. The molecule has 2 rings (SSSR count). The molecular formula is C18H25ClFN3O5. The largest absolute Gasteiger partial charge is 0.496 e. The lowest BCUT2D eigenvalue weighted by atomic mass is 9.83.